The molecule has 4 amide bonds. The minimum Gasteiger partial charge on any atom is -0.330 e. The highest BCUT2D eigenvalue weighted by molar-refractivity contribution is 6.32. The second-order valence-electron chi connectivity index (χ2n) is 6.51. The van der Waals surface area contributed by atoms with Gasteiger partial charge in [-0.25, -0.2) is 9.59 Å². The van der Waals surface area contributed by atoms with Crippen molar-refractivity contribution in [2.24, 2.45) is 0 Å². The van der Waals surface area contributed by atoms with Gasteiger partial charge in [-0.05, 0) is 24.3 Å². The van der Waals surface area contributed by atoms with Crippen LogP contribution < -0.4 is 0 Å². The van der Waals surface area contributed by atoms with Crippen LogP contribution in [0.5, 0.6) is 0 Å². The van der Waals surface area contributed by atoms with Crippen molar-refractivity contribution in [3.05, 3.63) is 46.5 Å². The molecule has 2 aromatic rings. The maximum atomic E-state index is 12.8. The molecular weight excluding hydrogens is 396 g/mol. The molecule has 2 aliphatic heterocycles. The molecule has 2 aromatic carbocycles. The third-order valence-corrected chi connectivity index (χ3v) is 4.78. The van der Waals surface area contributed by atoms with Gasteiger partial charge in [0.1, 0.15) is 0 Å². The molecule has 0 fully saturated rings. The second-order valence-corrected chi connectivity index (χ2v) is 6.51. The first-order valence-electron chi connectivity index (χ1n) is 9.09. The van der Waals surface area contributed by atoms with Crippen molar-refractivity contribution in [3.8, 4) is 0 Å². The molecule has 0 atom stereocenters. The van der Waals surface area contributed by atoms with Crippen molar-refractivity contribution < 1.29 is 38.4 Å². The van der Waals surface area contributed by atoms with Crippen LogP contribution in [0.2, 0.25) is 0 Å². The maximum Gasteiger partial charge on any atom is 0.332 e. The molecule has 152 valence electrons. The molecule has 0 unspecified atom stereocenters. The molecule has 4 rings (SSSR count). The van der Waals surface area contributed by atoms with Gasteiger partial charge in [0.2, 0.25) is 0 Å². The average Bonchev–Trinajstić information content (AvgIpc) is 2.75. The van der Waals surface area contributed by atoms with E-state index in [1.54, 1.807) is 0 Å². The Morgan fingerprint density at radius 3 is 1.13 bits per heavy atom. The maximum absolute atomic E-state index is 12.8. The van der Waals surface area contributed by atoms with E-state index >= 15 is 0 Å². The van der Waals surface area contributed by atoms with Crippen LogP contribution in [0, 0.1) is 0 Å². The van der Waals surface area contributed by atoms with E-state index in [4.69, 9.17) is 9.68 Å². The van der Waals surface area contributed by atoms with E-state index in [1.807, 2.05) is 0 Å². The Hall–Kier alpha value is -4.08. The fourth-order valence-corrected chi connectivity index (χ4v) is 3.33. The molecule has 10 heteroatoms. The van der Waals surface area contributed by atoms with Gasteiger partial charge in [-0.2, -0.15) is 0 Å². The zero-order valence-electron chi connectivity index (χ0n) is 15.9. The zero-order valence-corrected chi connectivity index (χ0v) is 15.9. The monoisotopic (exact) mass is 410 g/mol. The van der Waals surface area contributed by atoms with Crippen LogP contribution in [0.4, 0.5) is 0 Å². The normalized spacial score (nSPS) is 15.0. The number of carbonyl (C=O) groups excluding carboxylic acids is 6. The molecule has 0 N–H and O–H groups in total. The Bertz CT molecular complexity index is 1040. The van der Waals surface area contributed by atoms with Crippen LogP contribution in [0.3, 0.4) is 0 Å². The molecule has 0 aliphatic carbocycles. The summed E-state index contributed by atoms with van der Waals surface area (Å²) in [5.41, 5.74) is -0.0233. The van der Waals surface area contributed by atoms with Crippen molar-refractivity contribution in [2.45, 2.75) is 26.7 Å². The fourth-order valence-electron chi connectivity index (χ4n) is 3.33. The van der Waals surface area contributed by atoms with Gasteiger partial charge in [0.25, 0.3) is 23.6 Å². The van der Waals surface area contributed by atoms with Crippen LogP contribution in [0.15, 0.2) is 24.3 Å². The van der Waals surface area contributed by atoms with Crippen LogP contribution in [-0.2, 0) is 19.3 Å². The van der Waals surface area contributed by atoms with Gasteiger partial charge >= 0.3 is 11.9 Å². The number of rotatable bonds is 4. The Balaban J connectivity index is 1.90. The molecule has 0 aromatic heterocycles. The molecule has 0 saturated carbocycles. The minimum atomic E-state index is -0.891. The SMILES string of the molecule is CCC(=O)ON1C(=O)c2ccc3c4c(ccc(c24)C1=O)C(=O)N(OC(=O)CC)C3=O. The number of carbonyl (C=O) groups is 6. The van der Waals surface area contributed by atoms with Crippen LogP contribution >= 0.6 is 0 Å². The number of amides is 4. The van der Waals surface area contributed by atoms with E-state index in [2.05, 4.69) is 0 Å². The Kier molecular flexibility index (Phi) is 4.34. The quantitative estimate of drug-likeness (QED) is 0.698. The summed E-state index contributed by atoms with van der Waals surface area (Å²) in [6, 6.07) is 5.17. The Morgan fingerprint density at radius 1 is 0.633 bits per heavy atom. The van der Waals surface area contributed by atoms with E-state index in [-0.39, 0.29) is 45.9 Å². The predicted molar refractivity (Wildman–Crippen MR) is 97.7 cm³/mol. The van der Waals surface area contributed by atoms with Crippen LogP contribution in [-0.4, -0.2) is 45.7 Å². The topological polar surface area (TPSA) is 127 Å². The molecule has 0 bridgehead atoms. The van der Waals surface area contributed by atoms with E-state index in [0.717, 1.165) is 0 Å². The summed E-state index contributed by atoms with van der Waals surface area (Å²) < 4.78 is 0. The molecule has 30 heavy (non-hydrogen) atoms. The van der Waals surface area contributed by atoms with Crippen molar-refractivity contribution in [2.75, 3.05) is 0 Å². The molecule has 0 saturated heterocycles. The van der Waals surface area contributed by atoms with Gasteiger partial charge in [-0.3, -0.25) is 19.2 Å². The van der Waals surface area contributed by atoms with Crippen LogP contribution in [0.25, 0.3) is 10.8 Å². The Morgan fingerprint density at radius 2 is 0.900 bits per heavy atom. The number of imide groups is 2. The largest absolute Gasteiger partial charge is 0.332 e. The zero-order chi connectivity index (χ0) is 21.7. The van der Waals surface area contributed by atoms with Crippen molar-refractivity contribution in [1.82, 2.24) is 10.1 Å². The molecule has 2 aliphatic rings. The predicted octanol–water partition coefficient (Wildman–Crippen LogP) is 1.77. The second kappa shape index (κ2) is 6.76. The number of hydrogen-bond acceptors (Lipinski definition) is 8. The lowest BCUT2D eigenvalue weighted by Gasteiger charge is -2.29. The highest BCUT2D eigenvalue weighted by Crippen LogP contribution is 2.38. The van der Waals surface area contributed by atoms with E-state index < -0.39 is 35.6 Å². The lowest BCUT2D eigenvalue weighted by Crippen LogP contribution is -2.44. The molecular formula is C20H14N2O8. The van der Waals surface area contributed by atoms with Gasteiger partial charge in [-0.1, -0.05) is 24.0 Å². The number of hydroxylamine groups is 4. The third-order valence-electron chi connectivity index (χ3n) is 4.78. The summed E-state index contributed by atoms with van der Waals surface area (Å²) in [5, 5.41) is 0.944. The molecule has 2 heterocycles. The van der Waals surface area contributed by atoms with E-state index in [9.17, 15) is 28.8 Å². The smallest absolute Gasteiger partial charge is 0.330 e. The highest BCUT2D eigenvalue weighted by atomic mass is 16.7. The fraction of sp³-hybridized carbons (Fsp3) is 0.200. The summed E-state index contributed by atoms with van der Waals surface area (Å²) in [5.74, 6) is -5.11. The summed E-state index contributed by atoms with van der Waals surface area (Å²) >= 11 is 0. The van der Waals surface area contributed by atoms with Crippen molar-refractivity contribution in [3.63, 3.8) is 0 Å². The molecule has 0 radical (unpaired) electrons. The number of nitrogens with zero attached hydrogens (tertiary/aromatic N) is 2. The number of benzene rings is 2. The average molecular weight is 410 g/mol. The standard InChI is InChI=1S/C20H14N2O8/c1-3-13(23)29-21-17(25)9-5-7-11-16-12(8-6-10(15(9)16)18(21)26)20(28)22(19(11)27)30-14(24)4-2/h5-8H,3-4H2,1-2H3. The van der Waals surface area contributed by atoms with Gasteiger partial charge < -0.3 is 9.68 Å². The van der Waals surface area contributed by atoms with Gasteiger partial charge in [0.05, 0.1) is 22.3 Å². The first-order chi connectivity index (χ1) is 14.3. The summed E-state index contributed by atoms with van der Waals surface area (Å²) in [4.78, 5) is 84.1. The lowest BCUT2D eigenvalue weighted by atomic mass is 9.87. The summed E-state index contributed by atoms with van der Waals surface area (Å²) in [6.07, 6.45) is -0.0982. The number of hydrogen-bond donors (Lipinski definition) is 0. The van der Waals surface area contributed by atoms with Gasteiger partial charge in [-0.15, -0.1) is 0 Å². The first-order valence-corrected chi connectivity index (χ1v) is 9.09. The van der Waals surface area contributed by atoms with Gasteiger partial charge in [0.15, 0.2) is 0 Å². The Labute approximate surface area is 168 Å². The lowest BCUT2D eigenvalue weighted by molar-refractivity contribution is -0.169. The van der Waals surface area contributed by atoms with Crippen molar-refractivity contribution in [1.29, 1.82) is 0 Å². The molecule has 10 nitrogen and oxygen atoms in total. The molecule has 0 spiro atoms. The van der Waals surface area contributed by atoms with Gasteiger partial charge in [0, 0.05) is 23.6 Å². The third kappa shape index (κ3) is 2.57. The minimum absolute atomic E-state index is 0.00583. The summed E-state index contributed by atoms with van der Waals surface area (Å²) in [6.45, 7) is 3.02. The summed E-state index contributed by atoms with van der Waals surface area (Å²) in [7, 11) is 0. The van der Waals surface area contributed by atoms with Crippen molar-refractivity contribution >= 4 is 46.3 Å². The van der Waals surface area contributed by atoms with Crippen LogP contribution in [0.1, 0.15) is 68.1 Å². The van der Waals surface area contributed by atoms with E-state index in [0.29, 0.717) is 10.1 Å². The first kappa shape index (κ1) is 19.2. The highest BCUT2D eigenvalue weighted by Gasteiger charge is 2.42. The van der Waals surface area contributed by atoms with E-state index in [1.165, 1.54) is 38.1 Å².